The minimum absolute atomic E-state index is 0.305. The van der Waals surface area contributed by atoms with Crippen molar-refractivity contribution in [2.24, 2.45) is 14.1 Å². The summed E-state index contributed by atoms with van der Waals surface area (Å²) in [7, 11) is 2.98. The van der Waals surface area contributed by atoms with E-state index in [0.29, 0.717) is 12.1 Å². The molecule has 0 atom stereocenters. The summed E-state index contributed by atoms with van der Waals surface area (Å²) in [5, 5.41) is 3.82. The Balaban J connectivity index is 3.61. The molecule has 1 heterocycles. The molecule has 0 aliphatic heterocycles. The van der Waals surface area contributed by atoms with Crippen LogP contribution in [0.3, 0.4) is 0 Å². The molecule has 0 saturated carbocycles. The molecular weight excluding hydrogens is 158 g/mol. The molecule has 0 amide bonds. The fourth-order valence-electron chi connectivity index (χ4n) is 0.986. The van der Waals surface area contributed by atoms with Crippen LogP contribution in [0.1, 0.15) is 12.6 Å². The molecule has 0 aliphatic rings. The van der Waals surface area contributed by atoms with Gasteiger partial charge in [-0.2, -0.15) is 5.10 Å². The summed E-state index contributed by atoms with van der Waals surface area (Å²) in [6.45, 7) is 1.83. The van der Waals surface area contributed by atoms with E-state index in [4.69, 9.17) is 0 Å². The maximum absolute atomic E-state index is 11.3. The Bertz CT molecular complexity index is 402. The number of aryl methyl sites for hydroxylation is 2. The lowest BCUT2D eigenvalue weighted by Crippen LogP contribution is -2.40. The van der Waals surface area contributed by atoms with Crippen molar-refractivity contribution in [3.05, 3.63) is 26.5 Å². The summed E-state index contributed by atoms with van der Waals surface area (Å²) < 4.78 is 2.23. The van der Waals surface area contributed by atoms with Crippen molar-refractivity contribution < 1.29 is 0 Å². The molecule has 0 bridgehead atoms. The number of aromatic nitrogens is 3. The van der Waals surface area contributed by atoms with Crippen molar-refractivity contribution in [1.82, 2.24) is 14.3 Å². The van der Waals surface area contributed by atoms with Gasteiger partial charge in [0.05, 0.1) is 0 Å². The Morgan fingerprint density at radius 1 is 1.33 bits per heavy atom. The van der Waals surface area contributed by atoms with Crippen LogP contribution in [0.2, 0.25) is 0 Å². The quantitative estimate of drug-likeness (QED) is 0.544. The molecule has 1 rings (SSSR count). The Morgan fingerprint density at radius 3 is 2.42 bits per heavy atom. The molecule has 5 nitrogen and oxygen atoms in total. The van der Waals surface area contributed by atoms with Crippen LogP contribution in [0.4, 0.5) is 0 Å². The van der Waals surface area contributed by atoms with Gasteiger partial charge in [-0.1, -0.05) is 6.92 Å². The predicted octanol–water partition coefficient (Wildman–Crippen LogP) is -0.959. The third-order valence-electron chi connectivity index (χ3n) is 1.72. The van der Waals surface area contributed by atoms with E-state index >= 15 is 0 Å². The Morgan fingerprint density at radius 2 is 1.92 bits per heavy atom. The largest absolute Gasteiger partial charge is 0.346 e. The summed E-state index contributed by atoms with van der Waals surface area (Å²) in [6, 6.07) is 0. The topological polar surface area (TPSA) is 56.9 Å². The van der Waals surface area contributed by atoms with Crippen LogP contribution >= 0.6 is 0 Å². The van der Waals surface area contributed by atoms with Gasteiger partial charge in [-0.25, -0.2) is 9.48 Å². The van der Waals surface area contributed by atoms with Gasteiger partial charge in [-0.15, -0.1) is 0 Å². The van der Waals surface area contributed by atoms with Crippen molar-refractivity contribution in [3.63, 3.8) is 0 Å². The Labute approximate surface area is 69.3 Å². The van der Waals surface area contributed by atoms with E-state index in [-0.39, 0.29) is 5.56 Å². The van der Waals surface area contributed by atoms with Crippen LogP contribution in [0.25, 0.3) is 0 Å². The third-order valence-corrected chi connectivity index (χ3v) is 1.72. The van der Waals surface area contributed by atoms with E-state index < -0.39 is 5.69 Å². The third kappa shape index (κ3) is 1.17. The van der Waals surface area contributed by atoms with Gasteiger partial charge in [0.1, 0.15) is 5.69 Å². The number of hydrogen-bond acceptors (Lipinski definition) is 3. The van der Waals surface area contributed by atoms with Crippen molar-refractivity contribution >= 4 is 0 Å². The molecular formula is C7H11N3O2. The molecule has 12 heavy (non-hydrogen) atoms. The zero-order valence-corrected chi connectivity index (χ0v) is 7.37. The monoisotopic (exact) mass is 169 g/mol. The average Bonchev–Trinajstić information content (AvgIpc) is 2.08. The first-order chi connectivity index (χ1) is 5.57. The molecule has 0 aromatic carbocycles. The van der Waals surface area contributed by atoms with Gasteiger partial charge < -0.3 is 0 Å². The van der Waals surface area contributed by atoms with Crippen LogP contribution in [-0.4, -0.2) is 14.3 Å². The first-order valence-corrected chi connectivity index (χ1v) is 3.71. The second-order valence-corrected chi connectivity index (χ2v) is 2.57. The molecule has 0 unspecified atom stereocenters. The smallest absolute Gasteiger partial charge is 0.267 e. The Kier molecular flexibility index (Phi) is 2.12. The second kappa shape index (κ2) is 2.92. The molecule has 1 aromatic rings. The van der Waals surface area contributed by atoms with Gasteiger partial charge in [0.2, 0.25) is 0 Å². The minimum atomic E-state index is -0.391. The van der Waals surface area contributed by atoms with E-state index in [9.17, 15) is 9.59 Å². The molecule has 0 fully saturated rings. The number of hydrogen-bond donors (Lipinski definition) is 0. The van der Waals surface area contributed by atoms with Crippen LogP contribution in [-0.2, 0) is 20.5 Å². The highest BCUT2D eigenvalue weighted by Crippen LogP contribution is 1.80. The molecule has 0 aliphatic carbocycles. The number of nitrogens with zero attached hydrogens (tertiary/aromatic N) is 3. The van der Waals surface area contributed by atoms with Crippen LogP contribution in [0, 0.1) is 0 Å². The normalized spacial score (nSPS) is 10.2. The van der Waals surface area contributed by atoms with E-state index in [1.165, 1.54) is 18.8 Å². The lowest BCUT2D eigenvalue weighted by atomic mass is 10.4. The second-order valence-electron chi connectivity index (χ2n) is 2.57. The van der Waals surface area contributed by atoms with Gasteiger partial charge in [-0.05, 0) is 6.42 Å². The average molecular weight is 169 g/mol. The van der Waals surface area contributed by atoms with Gasteiger partial charge in [0.25, 0.3) is 5.56 Å². The zero-order valence-electron chi connectivity index (χ0n) is 7.37. The molecule has 0 radical (unpaired) electrons. The van der Waals surface area contributed by atoms with Gasteiger partial charge in [-0.3, -0.25) is 9.36 Å². The molecule has 1 aromatic heterocycles. The van der Waals surface area contributed by atoms with Crippen LogP contribution < -0.4 is 11.2 Å². The summed E-state index contributed by atoms with van der Waals surface area (Å²) in [5.74, 6) is 0. The SMILES string of the molecule is CCc1nn(C)c(=O)n(C)c1=O. The van der Waals surface area contributed by atoms with E-state index in [1.54, 1.807) is 0 Å². The number of rotatable bonds is 1. The van der Waals surface area contributed by atoms with E-state index in [2.05, 4.69) is 5.10 Å². The zero-order chi connectivity index (χ0) is 9.30. The fraction of sp³-hybridized carbons (Fsp3) is 0.571. The van der Waals surface area contributed by atoms with Crippen LogP contribution in [0.15, 0.2) is 9.59 Å². The highest BCUT2D eigenvalue weighted by Gasteiger charge is 2.05. The van der Waals surface area contributed by atoms with E-state index in [1.807, 2.05) is 6.92 Å². The molecule has 5 heteroatoms. The highest BCUT2D eigenvalue weighted by molar-refractivity contribution is 4.93. The standard InChI is InChI=1S/C7H11N3O2/c1-4-5-6(11)9(2)7(12)10(3)8-5/h4H2,1-3H3. The van der Waals surface area contributed by atoms with Gasteiger partial charge >= 0.3 is 5.69 Å². The summed E-state index contributed by atoms with van der Waals surface area (Å²) in [5.41, 5.74) is -0.280. The van der Waals surface area contributed by atoms with Crippen molar-refractivity contribution in [2.75, 3.05) is 0 Å². The molecule has 66 valence electrons. The van der Waals surface area contributed by atoms with E-state index in [0.717, 1.165) is 4.57 Å². The summed E-state index contributed by atoms with van der Waals surface area (Å²) in [6.07, 6.45) is 0.542. The first kappa shape index (κ1) is 8.70. The van der Waals surface area contributed by atoms with Crippen LogP contribution in [0.5, 0.6) is 0 Å². The minimum Gasteiger partial charge on any atom is -0.267 e. The Hall–Kier alpha value is -1.39. The molecule has 0 N–H and O–H groups in total. The van der Waals surface area contributed by atoms with Crippen molar-refractivity contribution in [3.8, 4) is 0 Å². The highest BCUT2D eigenvalue weighted by atomic mass is 16.2. The summed E-state index contributed by atoms with van der Waals surface area (Å²) in [4.78, 5) is 22.4. The van der Waals surface area contributed by atoms with Gasteiger partial charge in [0, 0.05) is 14.1 Å². The van der Waals surface area contributed by atoms with Crippen molar-refractivity contribution in [2.45, 2.75) is 13.3 Å². The predicted molar refractivity (Wildman–Crippen MR) is 44.1 cm³/mol. The molecule has 0 spiro atoms. The van der Waals surface area contributed by atoms with Gasteiger partial charge in [0.15, 0.2) is 0 Å². The summed E-state index contributed by atoms with van der Waals surface area (Å²) >= 11 is 0. The lowest BCUT2D eigenvalue weighted by Gasteiger charge is -2.02. The lowest BCUT2D eigenvalue weighted by molar-refractivity contribution is 0.578. The molecule has 0 saturated heterocycles. The van der Waals surface area contributed by atoms with Crippen molar-refractivity contribution in [1.29, 1.82) is 0 Å². The maximum atomic E-state index is 11.3. The first-order valence-electron chi connectivity index (χ1n) is 3.71. The fourth-order valence-corrected chi connectivity index (χ4v) is 0.986. The maximum Gasteiger partial charge on any atom is 0.346 e.